The van der Waals surface area contributed by atoms with Gasteiger partial charge in [-0.15, -0.1) is 0 Å². The third-order valence-electron chi connectivity index (χ3n) is 4.80. The number of hydrogen-bond acceptors (Lipinski definition) is 4. The van der Waals surface area contributed by atoms with E-state index in [9.17, 15) is 9.59 Å². The van der Waals surface area contributed by atoms with Gasteiger partial charge in [-0.05, 0) is 58.4 Å². The van der Waals surface area contributed by atoms with Crippen molar-refractivity contribution in [2.75, 3.05) is 7.11 Å². The zero-order chi connectivity index (χ0) is 17.5. The summed E-state index contributed by atoms with van der Waals surface area (Å²) in [4.78, 5) is 23.5. The van der Waals surface area contributed by atoms with E-state index in [1.165, 1.54) is 18.3 Å². The van der Waals surface area contributed by atoms with Gasteiger partial charge in [0, 0.05) is 11.5 Å². The van der Waals surface area contributed by atoms with Gasteiger partial charge in [-0.1, -0.05) is 23.3 Å². The summed E-state index contributed by atoms with van der Waals surface area (Å²) in [5.41, 5.74) is 3.25. The molecule has 2 rings (SSSR count). The number of carbonyl (C=O) groups is 2. The first-order chi connectivity index (χ1) is 11.5. The lowest BCUT2D eigenvalue weighted by Crippen LogP contribution is -2.14. The molecule has 2 atom stereocenters. The van der Waals surface area contributed by atoms with Crippen molar-refractivity contribution in [2.45, 2.75) is 64.9 Å². The molecule has 1 heterocycles. The maximum Gasteiger partial charge on any atom is 0.333 e. The van der Waals surface area contributed by atoms with E-state index < -0.39 is 0 Å². The molecule has 2 aliphatic rings. The molecule has 0 aromatic rings. The summed E-state index contributed by atoms with van der Waals surface area (Å²) in [5.74, 6) is -0.0487. The zero-order valence-electron chi connectivity index (χ0n) is 15.0. The van der Waals surface area contributed by atoms with Crippen LogP contribution in [-0.4, -0.2) is 25.2 Å². The molecule has 1 aliphatic heterocycles. The van der Waals surface area contributed by atoms with Crippen molar-refractivity contribution in [1.82, 2.24) is 0 Å². The molecule has 1 fully saturated rings. The Kier molecular flexibility index (Phi) is 6.83. The first kappa shape index (κ1) is 18.5. The van der Waals surface area contributed by atoms with Crippen LogP contribution in [0.2, 0.25) is 0 Å². The zero-order valence-corrected chi connectivity index (χ0v) is 15.0. The molecule has 24 heavy (non-hydrogen) atoms. The van der Waals surface area contributed by atoms with E-state index in [-0.39, 0.29) is 24.0 Å². The number of hydrogen-bond donors (Lipinski definition) is 0. The first-order valence-electron chi connectivity index (χ1n) is 8.79. The van der Waals surface area contributed by atoms with Crippen LogP contribution in [0.4, 0.5) is 0 Å². The molecule has 0 amide bonds. The molecule has 4 nitrogen and oxygen atoms in total. The summed E-state index contributed by atoms with van der Waals surface area (Å²) in [6.07, 6.45) is 11.8. The summed E-state index contributed by atoms with van der Waals surface area (Å²) in [6, 6.07) is 0. The van der Waals surface area contributed by atoms with Gasteiger partial charge in [0.1, 0.15) is 6.10 Å². The maximum atomic E-state index is 11.9. The minimum absolute atomic E-state index is 0.0899. The van der Waals surface area contributed by atoms with Crippen molar-refractivity contribution in [3.63, 3.8) is 0 Å². The largest absolute Gasteiger partial charge is 0.466 e. The second-order valence-electron chi connectivity index (χ2n) is 6.82. The van der Waals surface area contributed by atoms with Crippen LogP contribution >= 0.6 is 0 Å². The molecule has 0 bridgehead atoms. The lowest BCUT2D eigenvalue weighted by atomic mass is 9.91. The van der Waals surface area contributed by atoms with E-state index in [4.69, 9.17) is 9.47 Å². The molecule has 0 N–H and O–H groups in total. The molecule has 0 spiro atoms. The van der Waals surface area contributed by atoms with Gasteiger partial charge in [-0.3, -0.25) is 4.79 Å². The Labute approximate surface area is 144 Å². The van der Waals surface area contributed by atoms with Gasteiger partial charge in [0.25, 0.3) is 0 Å². The van der Waals surface area contributed by atoms with Crippen LogP contribution in [0.5, 0.6) is 0 Å². The van der Waals surface area contributed by atoms with Gasteiger partial charge in [0.15, 0.2) is 0 Å². The average Bonchev–Trinajstić information content (AvgIpc) is 2.89. The van der Waals surface area contributed by atoms with Gasteiger partial charge in [0.2, 0.25) is 0 Å². The van der Waals surface area contributed by atoms with E-state index in [1.54, 1.807) is 0 Å². The molecule has 0 aromatic heterocycles. The average molecular weight is 332 g/mol. The summed E-state index contributed by atoms with van der Waals surface area (Å²) < 4.78 is 10.4. The van der Waals surface area contributed by atoms with E-state index in [0.717, 1.165) is 37.7 Å². The lowest BCUT2D eigenvalue weighted by Gasteiger charge is -2.16. The van der Waals surface area contributed by atoms with Gasteiger partial charge >= 0.3 is 11.9 Å². The third kappa shape index (κ3) is 5.36. The van der Waals surface area contributed by atoms with Gasteiger partial charge < -0.3 is 9.47 Å². The predicted octanol–water partition coefficient (Wildman–Crippen LogP) is 4.26. The van der Waals surface area contributed by atoms with Crippen molar-refractivity contribution < 1.29 is 19.1 Å². The minimum atomic E-state index is -0.237. The van der Waals surface area contributed by atoms with Gasteiger partial charge in [-0.25, -0.2) is 4.79 Å². The molecule has 132 valence electrons. The molecule has 0 unspecified atom stereocenters. The molecule has 0 radical (unpaired) electrons. The van der Waals surface area contributed by atoms with E-state index >= 15 is 0 Å². The van der Waals surface area contributed by atoms with Crippen LogP contribution in [0.3, 0.4) is 0 Å². The minimum Gasteiger partial charge on any atom is -0.466 e. The Morgan fingerprint density at radius 1 is 1.12 bits per heavy atom. The first-order valence-corrected chi connectivity index (χ1v) is 8.79. The highest BCUT2D eigenvalue weighted by Crippen LogP contribution is 2.30. The Hall–Kier alpha value is -1.84. The molecule has 4 heteroatoms. The monoisotopic (exact) mass is 332 g/mol. The number of ether oxygens (including phenoxy) is 2. The van der Waals surface area contributed by atoms with Crippen LogP contribution in [0, 0.1) is 5.92 Å². The Balaban J connectivity index is 2.17. The van der Waals surface area contributed by atoms with Crippen LogP contribution in [0.1, 0.15) is 58.8 Å². The number of allylic oxidation sites excluding steroid dienone is 4. The van der Waals surface area contributed by atoms with Crippen molar-refractivity contribution in [1.29, 1.82) is 0 Å². The summed E-state index contributed by atoms with van der Waals surface area (Å²) in [6.45, 7) is 4.17. The van der Waals surface area contributed by atoms with Gasteiger partial charge in [-0.2, -0.15) is 0 Å². The van der Waals surface area contributed by atoms with Crippen LogP contribution < -0.4 is 0 Å². The number of methoxy groups -OCH3 is 1. The topological polar surface area (TPSA) is 52.6 Å². The molecule has 0 saturated carbocycles. The van der Waals surface area contributed by atoms with Crippen molar-refractivity contribution in [2.24, 2.45) is 5.92 Å². The second-order valence-corrected chi connectivity index (χ2v) is 6.82. The Morgan fingerprint density at radius 3 is 2.62 bits per heavy atom. The van der Waals surface area contributed by atoms with Crippen molar-refractivity contribution in [3.8, 4) is 0 Å². The highest BCUT2D eigenvalue weighted by atomic mass is 16.5. The summed E-state index contributed by atoms with van der Waals surface area (Å²) in [5, 5.41) is 0. The fourth-order valence-corrected chi connectivity index (χ4v) is 3.31. The highest BCUT2D eigenvalue weighted by molar-refractivity contribution is 5.88. The number of carbonyl (C=O) groups excluding carboxylic acids is 2. The molecular weight excluding hydrogens is 304 g/mol. The van der Waals surface area contributed by atoms with Crippen molar-refractivity contribution in [3.05, 3.63) is 34.9 Å². The fourth-order valence-electron chi connectivity index (χ4n) is 3.31. The van der Waals surface area contributed by atoms with E-state index in [1.807, 2.05) is 6.08 Å². The Bertz CT molecular complexity index is 568. The number of rotatable bonds is 1. The fraction of sp³-hybridized carbons (Fsp3) is 0.600. The lowest BCUT2D eigenvalue weighted by molar-refractivity contribution is -0.140. The standard InChI is InChI=1S/C20H28O4/c1-14-6-4-8-16(20(22)23-3)9-5-7-15(2)12-18-17(11-10-14)13-19(21)24-18/h6,9,12,17-18H,4-5,7-8,10-11,13H2,1-3H3/b14-6+,15-12+,16-9-/t17-,18+/m0/s1. The quantitative estimate of drug-likeness (QED) is 0.532. The van der Waals surface area contributed by atoms with Crippen molar-refractivity contribution >= 4 is 11.9 Å². The third-order valence-corrected chi connectivity index (χ3v) is 4.80. The molecule has 1 saturated heterocycles. The number of fused-ring (bicyclic) bond motifs is 1. The maximum absolute atomic E-state index is 11.9. The van der Waals surface area contributed by atoms with Crippen LogP contribution in [-0.2, 0) is 19.1 Å². The number of esters is 2. The molecule has 0 aromatic carbocycles. The summed E-state index contributed by atoms with van der Waals surface area (Å²) >= 11 is 0. The SMILES string of the molecule is COC(=O)/C1=C\CC/C(C)=C/[C@H]2OC(=O)C[C@@H]2CC/C(C)=C/CC1. The smallest absolute Gasteiger partial charge is 0.333 e. The second kappa shape index (κ2) is 8.86. The van der Waals surface area contributed by atoms with E-state index in [2.05, 4.69) is 26.0 Å². The Morgan fingerprint density at radius 2 is 1.88 bits per heavy atom. The highest BCUT2D eigenvalue weighted by Gasteiger charge is 2.32. The van der Waals surface area contributed by atoms with Crippen LogP contribution in [0.25, 0.3) is 0 Å². The van der Waals surface area contributed by atoms with Crippen LogP contribution in [0.15, 0.2) is 34.9 Å². The molecular formula is C20H28O4. The normalized spacial score (nSPS) is 32.8. The summed E-state index contributed by atoms with van der Waals surface area (Å²) in [7, 11) is 1.43. The van der Waals surface area contributed by atoms with E-state index in [0.29, 0.717) is 12.8 Å². The predicted molar refractivity (Wildman–Crippen MR) is 93.3 cm³/mol. The van der Waals surface area contributed by atoms with Gasteiger partial charge in [0.05, 0.1) is 13.5 Å². The molecule has 1 aliphatic carbocycles.